The molecular weight excluding hydrogens is 330 g/mol. The molecule has 2 aromatic rings. The van der Waals surface area contributed by atoms with Gasteiger partial charge in [-0.3, -0.25) is 5.01 Å². The number of hydrazine groups is 1. The molecule has 0 spiro atoms. The van der Waals surface area contributed by atoms with Crippen LogP contribution >= 0.6 is 11.3 Å². The lowest BCUT2D eigenvalue weighted by Crippen LogP contribution is -2.44. The molecule has 130 valence electrons. The van der Waals surface area contributed by atoms with Gasteiger partial charge in [0.25, 0.3) is 0 Å². The predicted octanol–water partition coefficient (Wildman–Crippen LogP) is 3.39. The van der Waals surface area contributed by atoms with Gasteiger partial charge in [0.15, 0.2) is 6.17 Å². The molecule has 0 aliphatic carbocycles. The molecule has 0 radical (unpaired) electrons. The van der Waals surface area contributed by atoms with Crippen molar-refractivity contribution in [3.8, 4) is 0 Å². The minimum atomic E-state index is -0.241. The largest absolute Gasteiger partial charge is 0.352 e. The average Bonchev–Trinajstić information content (AvgIpc) is 3.06. The number of hydrogen-bond donors (Lipinski definition) is 1. The summed E-state index contributed by atoms with van der Waals surface area (Å²) in [7, 11) is 0. The smallest absolute Gasteiger partial charge is 0.188 e. The van der Waals surface area contributed by atoms with Crippen LogP contribution in [0, 0.1) is 6.92 Å². The van der Waals surface area contributed by atoms with E-state index >= 15 is 0 Å². The molecule has 0 bridgehead atoms. The molecule has 4 rings (SSSR count). The highest BCUT2D eigenvalue weighted by molar-refractivity contribution is 7.09. The molecule has 1 atom stereocenters. The van der Waals surface area contributed by atoms with Gasteiger partial charge in [0, 0.05) is 35.4 Å². The van der Waals surface area contributed by atoms with E-state index in [9.17, 15) is 0 Å². The van der Waals surface area contributed by atoms with Crippen molar-refractivity contribution < 1.29 is 0 Å². The van der Waals surface area contributed by atoms with E-state index in [1.54, 1.807) is 16.3 Å². The van der Waals surface area contributed by atoms with Crippen LogP contribution in [0.1, 0.15) is 41.8 Å². The topological polar surface area (TPSA) is 57.8 Å². The highest BCUT2D eigenvalue weighted by Crippen LogP contribution is 2.33. The number of nitrogens with zero attached hydrogens (tertiary/aromatic N) is 4. The summed E-state index contributed by atoms with van der Waals surface area (Å²) in [5.74, 6) is 7.39. The van der Waals surface area contributed by atoms with Crippen molar-refractivity contribution in [3.05, 3.63) is 62.7 Å². The molecule has 0 fully saturated rings. The zero-order valence-electron chi connectivity index (χ0n) is 14.9. The van der Waals surface area contributed by atoms with Crippen molar-refractivity contribution in [2.24, 2.45) is 10.8 Å². The molecule has 0 saturated heterocycles. The summed E-state index contributed by atoms with van der Waals surface area (Å²) in [6, 6.07) is 8.68. The van der Waals surface area contributed by atoms with Gasteiger partial charge in [-0.25, -0.2) is 15.8 Å². The Morgan fingerprint density at radius 3 is 2.64 bits per heavy atom. The maximum atomic E-state index is 6.34. The summed E-state index contributed by atoms with van der Waals surface area (Å²) in [6.07, 6.45) is 0.809. The summed E-state index contributed by atoms with van der Waals surface area (Å²) in [5.41, 5.74) is 6.05. The highest BCUT2D eigenvalue weighted by atomic mass is 32.1. The number of amidine groups is 1. The van der Waals surface area contributed by atoms with Crippen LogP contribution in [0.25, 0.3) is 0 Å². The van der Waals surface area contributed by atoms with Crippen molar-refractivity contribution >= 4 is 17.2 Å². The van der Waals surface area contributed by atoms with Gasteiger partial charge in [-0.1, -0.05) is 24.3 Å². The lowest BCUT2D eigenvalue weighted by atomic mass is 9.99. The predicted molar refractivity (Wildman–Crippen MR) is 102 cm³/mol. The van der Waals surface area contributed by atoms with Crippen LogP contribution in [0.4, 0.5) is 0 Å². The first-order valence-corrected chi connectivity index (χ1v) is 9.46. The van der Waals surface area contributed by atoms with E-state index in [0.29, 0.717) is 0 Å². The van der Waals surface area contributed by atoms with Crippen LogP contribution in [0.5, 0.6) is 0 Å². The Balaban J connectivity index is 1.70. The lowest BCUT2D eigenvalue weighted by molar-refractivity contribution is 0.254. The number of hydrogen-bond acceptors (Lipinski definition) is 6. The van der Waals surface area contributed by atoms with E-state index in [4.69, 9.17) is 10.8 Å². The number of rotatable bonds is 1. The van der Waals surface area contributed by atoms with Crippen LogP contribution in [0.15, 0.2) is 45.9 Å². The van der Waals surface area contributed by atoms with Crippen LogP contribution in [-0.4, -0.2) is 27.3 Å². The number of allylic oxidation sites excluding steroid dienone is 1. The Morgan fingerprint density at radius 2 is 1.92 bits per heavy atom. The van der Waals surface area contributed by atoms with E-state index in [1.807, 2.05) is 6.92 Å². The van der Waals surface area contributed by atoms with Crippen molar-refractivity contribution in [1.29, 1.82) is 0 Å². The van der Waals surface area contributed by atoms with Gasteiger partial charge in [-0.05, 0) is 38.3 Å². The Labute approximate surface area is 152 Å². The fourth-order valence-corrected chi connectivity index (χ4v) is 4.30. The normalized spacial score (nSPS) is 20.6. The van der Waals surface area contributed by atoms with Crippen molar-refractivity contribution in [3.63, 3.8) is 0 Å². The van der Waals surface area contributed by atoms with E-state index in [0.717, 1.165) is 47.3 Å². The first-order valence-electron chi connectivity index (χ1n) is 8.58. The van der Waals surface area contributed by atoms with Crippen LogP contribution in [-0.2, 0) is 13.0 Å². The fourth-order valence-electron chi connectivity index (χ4n) is 3.47. The number of aromatic nitrogens is 1. The first kappa shape index (κ1) is 16.3. The van der Waals surface area contributed by atoms with Crippen molar-refractivity contribution in [2.45, 2.75) is 39.9 Å². The van der Waals surface area contributed by atoms with E-state index in [-0.39, 0.29) is 6.17 Å². The van der Waals surface area contributed by atoms with E-state index in [2.05, 4.69) is 53.4 Å². The SMILES string of the molecule is CC1=C(C)N(N)C(c2nc(C)cs2)N=C1N1CCc2ccccc2C1. The second-order valence-corrected chi connectivity index (χ2v) is 7.60. The molecule has 5 nitrogen and oxygen atoms in total. The molecule has 2 aliphatic rings. The van der Waals surface area contributed by atoms with Crippen molar-refractivity contribution in [1.82, 2.24) is 14.9 Å². The highest BCUT2D eigenvalue weighted by Gasteiger charge is 2.31. The first-order chi connectivity index (χ1) is 12.0. The summed E-state index contributed by atoms with van der Waals surface area (Å²) >= 11 is 1.62. The zero-order valence-corrected chi connectivity index (χ0v) is 15.7. The van der Waals surface area contributed by atoms with Crippen LogP contribution < -0.4 is 5.84 Å². The molecular formula is C19H23N5S. The molecule has 0 amide bonds. The summed E-state index contributed by atoms with van der Waals surface area (Å²) < 4.78 is 0. The number of aryl methyl sites for hydroxylation is 1. The Bertz CT molecular complexity index is 866. The molecule has 1 unspecified atom stereocenters. The third-order valence-electron chi connectivity index (χ3n) is 5.06. The summed E-state index contributed by atoms with van der Waals surface area (Å²) in [6.45, 7) is 8.06. The Morgan fingerprint density at radius 1 is 1.16 bits per heavy atom. The third-order valence-corrected chi connectivity index (χ3v) is 6.06. The molecule has 2 aliphatic heterocycles. The second kappa shape index (κ2) is 6.28. The number of fused-ring (bicyclic) bond motifs is 1. The monoisotopic (exact) mass is 353 g/mol. The van der Waals surface area contributed by atoms with Crippen LogP contribution in [0.3, 0.4) is 0 Å². The van der Waals surface area contributed by atoms with Gasteiger partial charge < -0.3 is 4.90 Å². The summed E-state index contributed by atoms with van der Waals surface area (Å²) in [5, 5.41) is 4.74. The minimum absolute atomic E-state index is 0.241. The van der Waals surface area contributed by atoms with Gasteiger partial charge >= 0.3 is 0 Å². The van der Waals surface area contributed by atoms with Crippen LogP contribution in [0.2, 0.25) is 0 Å². The maximum Gasteiger partial charge on any atom is 0.188 e. The number of nitrogens with two attached hydrogens (primary N) is 1. The van der Waals surface area contributed by atoms with Gasteiger partial charge in [-0.2, -0.15) is 0 Å². The van der Waals surface area contributed by atoms with E-state index in [1.165, 1.54) is 11.1 Å². The van der Waals surface area contributed by atoms with Gasteiger partial charge in [0.1, 0.15) is 10.8 Å². The molecule has 2 N–H and O–H groups in total. The molecule has 25 heavy (non-hydrogen) atoms. The second-order valence-electron chi connectivity index (χ2n) is 6.71. The van der Waals surface area contributed by atoms with Gasteiger partial charge in [-0.15, -0.1) is 11.3 Å². The molecule has 0 saturated carbocycles. The minimum Gasteiger partial charge on any atom is -0.352 e. The third kappa shape index (κ3) is 2.85. The van der Waals surface area contributed by atoms with Crippen molar-refractivity contribution in [2.75, 3.05) is 6.54 Å². The lowest BCUT2D eigenvalue weighted by Gasteiger charge is -2.38. The molecule has 3 heterocycles. The van der Waals surface area contributed by atoms with Gasteiger partial charge in [0.2, 0.25) is 0 Å². The van der Waals surface area contributed by atoms with E-state index < -0.39 is 0 Å². The maximum absolute atomic E-state index is 6.34. The Kier molecular flexibility index (Phi) is 4.09. The summed E-state index contributed by atoms with van der Waals surface area (Å²) in [4.78, 5) is 12.0. The molecule has 6 heteroatoms. The quantitative estimate of drug-likeness (QED) is 0.799. The molecule has 1 aromatic carbocycles. The number of thiazole rings is 1. The molecule has 1 aromatic heterocycles. The average molecular weight is 353 g/mol. The Hall–Kier alpha value is -2.18. The number of aliphatic imine (C=N–C) groups is 1. The standard InChI is InChI=1S/C19H23N5S/c1-12-11-25-19(21-12)18-22-17(13(2)14(3)24(18)20)23-9-8-15-6-4-5-7-16(15)10-23/h4-7,11,18H,8-10,20H2,1-3H3. The zero-order chi connectivity index (χ0) is 17.6. The fraction of sp³-hybridized carbons (Fsp3) is 0.368. The van der Waals surface area contributed by atoms with Gasteiger partial charge in [0.05, 0.1) is 0 Å². The number of benzene rings is 1.